The van der Waals surface area contributed by atoms with Gasteiger partial charge in [0, 0.05) is 30.7 Å². The lowest BCUT2D eigenvalue weighted by Gasteiger charge is -2.49. The third kappa shape index (κ3) is 4.59. The number of ether oxygens (including phenoxy) is 1. The van der Waals surface area contributed by atoms with Crippen LogP contribution in [0, 0.1) is 23.2 Å². The number of ketones is 1. The first kappa shape index (κ1) is 27.0. The van der Waals surface area contributed by atoms with Crippen molar-refractivity contribution < 1.29 is 29.3 Å². The molecule has 1 saturated heterocycles. The van der Waals surface area contributed by atoms with Crippen LogP contribution in [0.5, 0.6) is 0 Å². The Hall–Kier alpha value is -3.03. The summed E-state index contributed by atoms with van der Waals surface area (Å²) in [6.45, 7) is 8.20. The highest BCUT2D eigenvalue weighted by atomic mass is 16.5. The van der Waals surface area contributed by atoms with Gasteiger partial charge >= 0.3 is 5.97 Å². The Morgan fingerprint density at radius 1 is 1.14 bits per heavy atom. The molecule has 1 fully saturated rings. The fourth-order valence-corrected chi connectivity index (χ4v) is 6.54. The van der Waals surface area contributed by atoms with Crippen molar-refractivity contribution in [2.24, 2.45) is 23.2 Å². The number of Topliss-reactive ketones (excluding diaryl/α,β-unsaturated/α-hetero) is 1. The van der Waals surface area contributed by atoms with Gasteiger partial charge in [0.15, 0.2) is 5.78 Å². The highest BCUT2D eigenvalue weighted by Gasteiger charge is 2.67. The molecule has 198 valence electrons. The molecule has 0 bridgehead atoms. The minimum atomic E-state index is -1.82. The second kappa shape index (κ2) is 10.0. The van der Waals surface area contributed by atoms with Gasteiger partial charge in [0.25, 0.3) is 0 Å². The third-order valence-corrected chi connectivity index (χ3v) is 8.49. The maximum Gasteiger partial charge on any atom is 0.303 e. The van der Waals surface area contributed by atoms with Crippen molar-refractivity contribution >= 4 is 17.7 Å². The number of amides is 1. The number of nitrogens with one attached hydrogen (secondary N) is 1. The van der Waals surface area contributed by atoms with E-state index in [1.165, 1.54) is 26.0 Å². The van der Waals surface area contributed by atoms with Gasteiger partial charge in [-0.05, 0) is 56.9 Å². The number of carbonyl (C=O) groups is 3. The van der Waals surface area contributed by atoms with Gasteiger partial charge in [-0.15, -0.1) is 0 Å². The minimum absolute atomic E-state index is 0.314. The molecule has 1 aromatic carbocycles. The predicted molar refractivity (Wildman–Crippen MR) is 139 cm³/mol. The second-order valence-corrected chi connectivity index (χ2v) is 11.0. The molecule has 1 spiro atoms. The van der Waals surface area contributed by atoms with E-state index in [0.29, 0.717) is 12.8 Å². The number of carbonyl (C=O) groups excluding carboxylic acids is 3. The molecule has 7 heteroatoms. The largest absolute Gasteiger partial charge is 0.457 e. The van der Waals surface area contributed by atoms with Crippen LogP contribution in [0.1, 0.15) is 46.6 Å². The lowest BCUT2D eigenvalue weighted by molar-refractivity contribution is -0.161. The molecule has 2 aliphatic carbocycles. The zero-order valence-electron chi connectivity index (χ0n) is 22.1. The van der Waals surface area contributed by atoms with E-state index in [1.54, 1.807) is 19.1 Å². The normalized spacial score (nSPS) is 39.6. The topological polar surface area (TPSA) is 113 Å². The van der Waals surface area contributed by atoms with E-state index in [1.807, 2.05) is 44.2 Å². The summed E-state index contributed by atoms with van der Waals surface area (Å²) >= 11 is 0. The molecular weight excluding hydrogens is 470 g/mol. The number of rotatable bonds is 3. The van der Waals surface area contributed by atoms with Crippen molar-refractivity contribution in [3.63, 3.8) is 0 Å². The quantitative estimate of drug-likeness (QED) is 0.428. The maximum absolute atomic E-state index is 14.2. The number of aliphatic hydroxyl groups excluding tert-OH is 1. The van der Waals surface area contributed by atoms with Gasteiger partial charge in [-0.25, -0.2) is 0 Å². The van der Waals surface area contributed by atoms with E-state index < -0.39 is 46.9 Å². The van der Waals surface area contributed by atoms with Gasteiger partial charge in [-0.1, -0.05) is 55.0 Å². The van der Waals surface area contributed by atoms with E-state index in [-0.39, 0.29) is 17.7 Å². The number of aliphatic hydroxyl groups is 2. The van der Waals surface area contributed by atoms with E-state index in [0.717, 1.165) is 16.7 Å². The zero-order chi connectivity index (χ0) is 27.1. The summed E-state index contributed by atoms with van der Waals surface area (Å²) in [5, 5.41) is 25.7. The van der Waals surface area contributed by atoms with Crippen LogP contribution in [0.4, 0.5) is 0 Å². The monoisotopic (exact) mass is 507 g/mol. The third-order valence-electron chi connectivity index (χ3n) is 8.49. The van der Waals surface area contributed by atoms with Crippen molar-refractivity contribution in [1.82, 2.24) is 5.32 Å². The molecule has 1 aromatic rings. The molecule has 3 N–H and O–H groups in total. The number of esters is 1. The molecule has 0 aromatic heterocycles. The average molecular weight is 508 g/mol. The van der Waals surface area contributed by atoms with Gasteiger partial charge in [-0.3, -0.25) is 14.4 Å². The molecule has 1 aliphatic heterocycles. The Balaban J connectivity index is 1.96. The standard InChI is InChI=1S/C30H37NO6/c1-17-10-9-13-22-26(33)19(3)18(2)25-23(16-21-11-7-6-8-12-21)31-28(35)30(22,25)24(37-20(4)32)14-15-29(5,36)27(17)34/h6-9,11-15,17,22-26,33,36H,10,16H2,1-5H3,(H,31,35)/b13-9-,15-14-/t17-,22-,23+,24+,25+,26-,29+,30-/m0/s1. The van der Waals surface area contributed by atoms with Gasteiger partial charge in [-0.2, -0.15) is 0 Å². The van der Waals surface area contributed by atoms with Gasteiger partial charge in [0.05, 0.1) is 6.10 Å². The molecule has 1 heterocycles. The molecule has 3 aliphatic rings. The highest BCUT2D eigenvalue weighted by Crippen LogP contribution is 2.57. The van der Waals surface area contributed by atoms with Crippen LogP contribution in [0.15, 0.2) is 65.8 Å². The molecule has 0 radical (unpaired) electrons. The number of hydrogen-bond acceptors (Lipinski definition) is 6. The summed E-state index contributed by atoms with van der Waals surface area (Å²) in [4.78, 5) is 39.5. The number of allylic oxidation sites excluding steroid dienone is 1. The Bertz CT molecular complexity index is 1170. The first-order valence-corrected chi connectivity index (χ1v) is 12.9. The molecule has 4 rings (SSSR count). The molecule has 1 amide bonds. The van der Waals surface area contributed by atoms with E-state index in [9.17, 15) is 24.6 Å². The van der Waals surface area contributed by atoms with Crippen molar-refractivity contribution in [2.45, 2.75) is 71.3 Å². The van der Waals surface area contributed by atoms with Crippen LogP contribution in [-0.4, -0.2) is 51.7 Å². The fraction of sp³-hybridized carbons (Fsp3) is 0.500. The first-order valence-electron chi connectivity index (χ1n) is 12.9. The summed E-state index contributed by atoms with van der Waals surface area (Å²) in [6, 6.07) is 9.52. The van der Waals surface area contributed by atoms with Crippen LogP contribution in [-0.2, 0) is 25.5 Å². The SMILES string of the molecule is CC(=O)O[C@@H]1/C=C\[C@@](C)(O)C(=O)[C@@H](C)C/C=C\[C@H]2[C@@H](O)C(C)=C(C)[C@@H]3[C@@H](Cc4ccccc4)NC(=O)[C@]312. The molecule has 0 unspecified atom stereocenters. The summed E-state index contributed by atoms with van der Waals surface area (Å²) in [5.41, 5.74) is -0.500. The summed E-state index contributed by atoms with van der Waals surface area (Å²) in [7, 11) is 0. The van der Waals surface area contributed by atoms with Crippen LogP contribution in [0.25, 0.3) is 0 Å². The number of benzene rings is 1. The molecule has 0 saturated carbocycles. The maximum atomic E-state index is 14.2. The van der Waals surface area contributed by atoms with Gasteiger partial charge in [0.2, 0.25) is 5.91 Å². The van der Waals surface area contributed by atoms with Crippen molar-refractivity contribution in [1.29, 1.82) is 0 Å². The molecular formula is C30H37NO6. The van der Waals surface area contributed by atoms with E-state index >= 15 is 0 Å². The summed E-state index contributed by atoms with van der Waals surface area (Å²) in [5.74, 6) is -2.92. The van der Waals surface area contributed by atoms with Crippen LogP contribution in [0.2, 0.25) is 0 Å². The molecule has 37 heavy (non-hydrogen) atoms. The lowest BCUT2D eigenvalue weighted by Crippen LogP contribution is -2.58. The Kier molecular flexibility index (Phi) is 7.32. The van der Waals surface area contributed by atoms with Gasteiger partial charge in [0.1, 0.15) is 17.1 Å². The predicted octanol–water partition coefficient (Wildman–Crippen LogP) is 3.06. The Morgan fingerprint density at radius 3 is 2.46 bits per heavy atom. The van der Waals surface area contributed by atoms with Crippen LogP contribution < -0.4 is 5.32 Å². The summed E-state index contributed by atoms with van der Waals surface area (Å²) in [6.07, 6.45) is 5.17. The van der Waals surface area contributed by atoms with Crippen LogP contribution >= 0.6 is 0 Å². The van der Waals surface area contributed by atoms with E-state index in [4.69, 9.17) is 4.74 Å². The second-order valence-electron chi connectivity index (χ2n) is 11.0. The van der Waals surface area contributed by atoms with E-state index in [2.05, 4.69) is 5.32 Å². The van der Waals surface area contributed by atoms with Crippen molar-refractivity contribution in [3.8, 4) is 0 Å². The number of hydrogen-bond donors (Lipinski definition) is 3. The minimum Gasteiger partial charge on any atom is -0.457 e. The zero-order valence-corrected chi connectivity index (χ0v) is 22.1. The van der Waals surface area contributed by atoms with Crippen LogP contribution in [0.3, 0.4) is 0 Å². The van der Waals surface area contributed by atoms with Crippen molar-refractivity contribution in [2.75, 3.05) is 0 Å². The Labute approximate surface area is 218 Å². The average Bonchev–Trinajstić information content (AvgIpc) is 3.13. The smallest absolute Gasteiger partial charge is 0.303 e. The van der Waals surface area contributed by atoms with Gasteiger partial charge < -0.3 is 20.3 Å². The molecule has 8 atom stereocenters. The fourth-order valence-electron chi connectivity index (χ4n) is 6.54. The highest BCUT2D eigenvalue weighted by molar-refractivity contribution is 5.91. The summed E-state index contributed by atoms with van der Waals surface area (Å²) < 4.78 is 5.82. The van der Waals surface area contributed by atoms with Crippen molar-refractivity contribution in [3.05, 3.63) is 71.3 Å². The lowest BCUT2D eigenvalue weighted by atomic mass is 9.54. The molecule has 7 nitrogen and oxygen atoms in total. The first-order chi connectivity index (χ1) is 17.4. The Morgan fingerprint density at radius 2 is 1.81 bits per heavy atom.